The SMILES string of the molecule is Cc1ccc(SCC(O)COc2ccc3ccccc3c2)nc1. The van der Waals surface area contributed by atoms with Crippen LogP contribution in [0.4, 0.5) is 0 Å². The summed E-state index contributed by atoms with van der Waals surface area (Å²) in [6.45, 7) is 2.28. The molecule has 1 unspecified atom stereocenters. The van der Waals surface area contributed by atoms with Crippen molar-refractivity contribution < 1.29 is 9.84 Å². The average Bonchev–Trinajstić information content (AvgIpc) is 2.59. The minimum absolute atomic E-state index is 0.275. The van der Waals surface area contributed by atoms with Crippen LogP contribution in [0.1, 0.15) is 5.56 Å². The Balaban J connectivity index is 1.51. The van der Waals surface area contributed by atoms with Gasteiger partial charge in [-0.3, -0.25) is 0 Å². The Morgan fingerprint density at radius 1 is 1.09 bits per heavy atom. The van der Waals surface area contributed by atoms with Crippen molar-refractivity contribution in [3.05, 3.63) is 66.4 Å². The van der Waals surface area contributed by atoms with Crippen LogP contribution in [-0.2, 0) is 0 Å². The van der Waals surface area contributed by atoms with Crippen LogP contribution < -0.4 is 4.74 Å². The highest BCUT2D eigenvalue weighted by molar-refractivity contribution is 7.99. The second kappa shape index (κ2) is 7.49. The molecule has 118 valence electrons. The predicted octanol–water partition coefficient (Wildman–Crippen LogP) is 4.08. The summed E-state index contributed by atoms with van der Waals surface area (Å²) in [6.07, 6.45) is 1.30. The Morgan fingerprint density at radius 2 is 1.91 bits per heavy atom. The van der Waals surface area contributed by atoms with Gasteiger partial charge in [-0.15, -0.1) is 11.8 Å². The van der Waals surface area contributed by atoms with E-state index in [-0.39, 0.29) is 6.61 Å². The van der Waals surface area contributed by atoms with Crippen molar-refractivity contribution in [2.75, 3.05) is 12.4 Å². The van der Waals surface area contributed by atoms with Gasteiger partial charge in [0.25, 0.3) is 0 Å². The Hall–Kier alpha value is -2.04. The van der Waals surface area contributed by atoms with Gasteiger partial charge in [0.1, 0.15) is 12.4 Å². The lowest BCUT2D eigenvalue weighted by Crippen LogP contribution is -2.20. The molecule has 3 nitrogen and oxygen atoms in total. The average molecular weight is 325 g/mol. The van der Waals surface area contributed by atoms with Gasteiger partial charge < -0.3 is 9.84 Å². The number of nitrogens with zero attached hydrogens (tertiary/aromatic N) is 1. The molecular weight excluding hydrogens is 306 g/mol. The highest BCUT2D eigenvalue weighted by Gasteiger charge is 2.07. The van der Waals surface area contributed by atoms with Crippen molar-refractivity contribution in [3.63, 3.8) is 0 Å². The number of ether oxygens (including phenoxy) is 1. The van der Waals surface area contributed by atoms with Crippen molar-refractivity contribution in [2.24, 2.45) is 0 Å². The van der Waals surface area contributed by atoms with Gasteiger partial charge in [-0.1, -0.05) is 36.4 Å². The third kappa shape index (κ3) is 4.47. The monoisotopic (exact) mass is 325 g/mol. The van der Waals surface area contributed by atoms with Crippen LogP contribution in [-0.4, -0.2) is 28.6 Å². The third-order valence-electron chi connectivity index (χ3n) is 3.47. The fourth-order valence-electron chi connectivity index (χ4n) is 2.22. The number of aliphatic hydroxyl groups excluding tert-OH is 1. The molecule has 1 N–H and O–H groups in total. The maximum atomic E-state index is 10.1. The van der Waals surface area contributed by atoms with E-state index in [1.165, 1.54) is 17.1 Å². The second-order valence-corrected chi connectivity index (χ2v) is 6.50. The fraction of sp³-hybridized carbons (Fsp3) is 0.211. The van der Waals surface area contributed by atoms with Gasteiger partial charge in [-0.25, -0.2) is 4.98 Å². The Morgan fingerprint density at radius 3 is 2.70 bits per heavy atom. The van der Waals surface area contributed by atoms with Crippen molar-refractivity contribution >= 4 is 22.5 Å². The number of hydrogen-bond donors (Lipinski definition) is 1. The van der Waals surface area contributed by atoms with E-state index < -0.39 is 6.10 Å². The van der Waals surface area contributed by atoms with Gasteiger partial charge in [0, 0.05) is 11.9 Å². The van der Waals surface area contributed by atoms with Crippen LogP contribution in [0, 0.1) is 6.92 Å². The largest absolute Gasteiger partial charge is 0.491 e. The molecule has 0 aliphatic rings. The summed E-state index contributed by atoms with van der Waals surface area (Å²) in [5.41, 5.74) is 1.13. The molecule has 1 heterocycles. The molecule has 23 heavy (non-hydrogen) atoms. The zero-order valence-electron chi connectivity index (χ0n) is 13.0. The number of benzene rings is 2. The summed E-state index contributed by atoms with van der Waals surface area (Å²) < 4.78 is 5.70. The predicted molar refractivity (Wildman–Crippen MR) is 95.1 cm³/mol. The molecular formula is C19H19NO2S. The number of hydrogen-bond acceptors (Lipinski definition) is 4. The lowest BCUT2D eigenvalue weighted by atomic mass is 10.1. The Kier molecular flexibility index (Phi) is 5.16. The van der Waals surface area contributed by atoms with Crippen LogP contribution in [0.25, 0.3) is 10.8 Å². The van der Waals surface area contributed by atoms with Gasteiger partial charge in [-0.05, 0) is 41.5 Å². The van der Waals surface area contributed by atoms with Gasteiger partial charge in [0.05, 0.1) is 11.1 Å². The molecule has 0 radical (unpaired) electrons. The molecule has 0 aliphatic carbocycles. The standard InChI is InChI=1S/C19H19NO2S/c1-14-6-9-19(20-11-14)23-13-17(21)12-22-18-8-7-15-4-2-3-5-16(15)10-18/h2-11,17,21H,12-13H2,1H3. The summed E-state index contributed by atoms with van der Waals surface area (Å²) in [5.74, 6) is 1.34. The molecule has 0 fully saturated rings. The van der Waals surface area contributed by atoms with E-state index in [0.29, 0.717) is 5.75 Å². The zero-order valence-corrected chi connectivity index (χ0v) is 13.8. The first kappa shape index (κ1) is 15.8. The second-order valence-electron chi connectivity index (χ2n) is 5.46. The summed E-state index contributed by atoms with van der Waals surface area (Å²) in [6, 6.07) is 18.1. The number of aryl methyl sites for hydroxylation is 1. The minimum Gasteiger partial charge on any atom is -0.491 e. The minimum atomic E-state index is -0.533. The molecule has 4 heteroatoms. The first-order valence-corrected chi connectivity index (χ1v) is 8.54. The smallest absolute Gasteiger partial charge is 0.120 e. The number of pyridine rings is 1. The lowest BCUT2D eigenvalue weighted by Gasteiger charge is -2.12. The fourth-order valence-corrected chi connectivity index (χ4v) is 2.97. The van der Waals surface area contributed by atoms with Gasteiger partial charge >= 0.3 is 0 Å². The van der Waals surface area contributed by atoms with E-state index in [4.69, 9.17) is 4.74 Å². The summed E-state index contributed by atoms with van der Waals surface area (Å²) in [4.78, 5) is 4.31. The van der Waals surface area contributed by atoms with E-state index in [1.807, 2.05) is 55.6 Å². The lowest BCUT2D eigenvalue weighted by molar-refractivity contribution is 0.126. The molecule has 1 aromatic heterocycles. The van der Waals surface area contributed by atoms with E-state index in [2.05, 4.69) is 17.1 Å². The molecule has 0 saturated heterocycles. The first-order valence-electron chi connectivity index (χ1n) is 7.56. The molecule has 1 atom stereocenters. The number of aliphatic hydroxyl groups is 1. The van der Waals surface area contributed by atoms with E-state index >= 15 is 0 Å². The molecule has 0 bridgehead atoms. The molecule has 0 saturated carbocycles. The van der Waals surface area contributed by atoms with Gasteiger partial charge in [0.15, 0.2) is 0 Å². The molecule has 3 rings (SSSR count). The molecule has 0 amide bonds. The summed E-state index contributed by atoms with van der Waals surface area (Å²) in [7, 11) is 0. The van der Waals surface area contributed by atoms with Gasteiger partial charge in [0.2, 0.25) is 0 Å². The molecule has 0 spiro atoms. The summed E-state index contributed by atoms with van der Waals surface area (Å²) >= 11 is 1.53. The Labute approximate surface area is 140 Å². The van der Waals surface area contributed by atoms with Crippen LogP contribution in [0.3, 0.4) is 0 Å². The van der Waals surface area contributed by atoms with Crippen LogP contribution in [0.15, 0.2) is 65.8 Å². The van der Waals surface area contributed by atoms with Crippen LogP contribution >= 0.6 is 11.8 Å². The van der Waals surface area contributed by atoms with E-state index in [0.717, 1.165) is 21.7 Å². The third-order valence-corrected chi connectivity index (χ3v) is 4.56. The van der Waals surface area contributed by atoms with Crippen LogP contribution in [0.5, 0.6) is 5.75 Å². The van der Waals surface area contributed by atoms with Gasteiger partial charge in [-0.2, -0.15) is 0 Å². The van der Waals surface area contributed by atoms with E-state index in [9.17, 15) is 5.11 Å². The normalized spacial score (nSPS) is 12.3. The zero-order chi connectivity index (χ0) is 16.1. The topological polar surface area (TPSA) is 42.4 Å². The van der Waals surface area contributed by atoms with Crippen molar-refractivity contribution in [1.29, 1.82) is 0 Å². The number of rotatable bonds is 6. The highest BCUT2D eigenvalue weighted by Crippen LogP contribution is 2.21. The number of aromatic nitrogens is 1. The maximum Gasteiger partial charge on any atom is 0.120 e. The number of fused-ring (bicyclic) bond motifs is 1. The highest BCUT2D eigenvalue weighted by atomic mass is 32.2. The first-order chi connectivity index (χ1) is 11.2. The van der Waals surface area contributed by atoms with Crippen molar-refractivity contribution in [1.82, 2.24) is 4.98 Å². The number of thioether (sulfide) groups is 1. The van der Waals surface area contributed by atoms with E-state index in [1.54, 1.807) is 0 Å². The van der Waals surface area contributed by atoms with Crippen LogP contribution in [0.2, 0.25) is 0 Å². The van der Waals surface area contributed by atoms with Crippen molar-refractivity contribution in [2.45, 2.75) is 18.1 Å². The maximum absolute atomic E-state index is 10.1. The molecule has 3 aromatic rings. The van der Waals surface area contributed by atoms with Crippen molar-refractivity contribution in [3.8, 4) is 5.75 Å². The Bertz CT molecular complexity index is 774. The molecule has 0 aliphatic heterocycles. The summed E-state index contributed by atoms with van der Waals surface area (Å²) in [5, 5.41) is 13.3. The quantitative estimate of drug-likeness (QED) is 0.694. The molecule has 2 aromatic carbocycles.